The van der Waals surface area contributed by atoms with Crippen molar-refractivity contribution in [3.05, 3.63) is 68.0 Å². The Morgan fingerprint density at radius 1 is 1.17 bits per heavy atom. The van der Waals surface area contributed by atoms with Gasteiger partial charge in [0, 0.05) is 14.2 Å². The van der Waals surface area contributed by atoms with E-state index >= 15 is 0 Å². The zero-order chi connectivity index (χ0) is 13.1. The van der Waals surface area contributed by atoms with Crippen LogP contribution in [0.15, 0.2) is 42.5 Å². The number of rotatable bonds is 3. The number of hydrogen-bond donors (Lipinski definition) is 2. The molecular formula is C13H11ClFIN2. The molecule has 2 aromatic rings. The SMILES string of the molecule is NNC(c1ccc(I)cc1)c1ccc(Cl)cc1F. The monoisotopic (exact) mass is 376 g/mol. The third-order valence-corrected chi connectivity index (χ3v) is 3.60. The van der Waals surface area contributed by atoms with Gasteiger partial charge in [0.05, 0.1) is 6.04 Å². The van der Waals surface area contributed by atoms with Crippen LogP contribution < -0.4 is 11.3 Å². The molecule has 0 amide bonds. The Kier molecular flexibility index (Phi) is 4.55. The second kappa shape index (κ2) is 5.97. The van der Waals surface area contributed by atoms with Gasteiger partial charge in [-0.05, 0) is 52.4 Å². The Bertz CT molecular complexity index is 545. The summed E-state index contributed by atoms with van der Waals surface area (Å²) in [5.74, 6) is 5.16. The van der Waals surface area contributed by atoms with Crippen molar-refractivity contribution >= 4 is 34.2 Å². The highest BCUT2D eigenvalue weighted by Crippen LogP contribution is 2.26. The minimum absolute atomic E-state index is 0.370. The van der Waals surface area contributed by atoms with Gasteiger partial charge in [-0.1, -0.05) is 29.8 Å². The molecule has 0 aliphatic heterocycles. The van der Waals surface area contributed by atoms with E-state index in [4.69, 9.17) is 17.4 Å². The average molecular weight is 377 g/mol. The van der Waals surface area contributed by atoms with Crippen LogP contribution in [0.1, 0.15) is 17.2 Å². The van der Waals surface area contributed by atoms with Crippen LogP contribution in [0, 0.1) is 9.39 Å². The topological polar surface area (TPSA) is 38.0 Å². The Labute approximate surface area is 123 Å². The molecule has 1 unspecified atom stereocenters. The highest BCUT2D eigenvalue weighted by Gasteiger charge is 2.16. The maximum absolute atomic E-state index is 13.9. The predicted octanol–water partition coefficient (Wildman–Crippen LogP) is 3.64. The van der Waals surface area contributed by atoms with Gasteiger partial charge in [0.15, 0.2) is 0 Å². The summed E-state index contributed by atoms with van der Waals surface area (Å²) in [4.78, 5) is 0. The van der Waals surface area contributed by atoms with Crippen LogP contribution in [0.4, 0.5) is 4.39 Å². The molecule has 18 heavy (non-hydrogen) atoms. The number of benzene rings is 2. The summed E-state index contributed by atoms with van der Waals surface area (Å²) >= 11 is 7.95. The molecular weight excluding hydrogens is 366 g/mol. The highest BCUT2D eigenvalue weighted by atomic mass is 127. The zero-order valence-electron chi connectivity index (χ0n) is 9.33. The van der Waals surface area contributed by atoms with E-state index in [2.05, 4.69) is 28.0 Å². The molecule has 0 heterocycles. The van der Waals surface area contributed by atoms with E-state index in [1.807, 2.05) is 24.3 Å². The predicted molar refractivity (Wildman–Crippen MR) is 79.7 cm³/mol. The van der Waals surface area contributed by atoms with Crippen LogP contribution in [0.3, 0.4) is 0 Å². The molecule has 0 aromatic heterocycles. The maximum Gasteiger partial charge on any atom is 0.129 e. The lowest BCUT2D eigenvalue weighted by Crippen LogP contribution is -2.29. The van der Waals surface area contributed by atoms with Crippen molar-refractivity contribution in [3.63, 3.8) is 0 Å². The van der Waals surface area contributed by atoms with E-state index in [1.54, 1.807) is 12.1 Å². The quantitative estimate of drug-likeness (QED) is 0.488. The molecule has 2 rings (SSSR count). The van der Waals surface area contributed by atoms with E-state index in [9.17, 15) is 4.39 Å². The molecule has 0 bridgehead atoms. The lowest BCUT2D eigenvalue weighted by molar-refractivity contribution is 0.560. The van der Waals surface area contributed by atoms with Crippen molar-refractivity contribution in [1.82, 2.24) is 5.43 Å². The smallest absolute Gasteiger partial charge is 0.129 e. The number of hydrazine groups is 1. The van der Waals surface area contributed by atoms with Gasteiger partial charge >= 0.3 is 0 Å². The van der Waals surface area contributed by atoms with Gasteiger partial charge in [-0.15, -0.1) is 0 Å². The molecule has 0 aliphatic rings. The Balaban J connectivity index is 2.41. The molecule has 1 atom stereocenters. The molecule has 3 N–H and O–H groups in total. The largest absolute Gasteiger partial charge is 0.271 e. The number of nitrogens with two attached hydrogens (primary N) is 1. The molecule has 2 nitrogen and oxygen atoms in total. The van der Waals surface area contributed by atoms with Gasteiger partial charge in [0.25, 0.3) is 0 Å². The van der Waals surface area contributed by atoms with Crippen LogP contribution in [-0.4, -0.2) is 0 Å². The van der Waals surface area contributed by atoms with E-state index < -0.39 is 0 Å². The molecule has 5 heteroatoms. The minimum atomic E-state index is -0.390. The lowest BCUT2D eigenvalue weighted by atomic mass is 9.99. The molecule has 94 valence electrons. The molecule has 0 saturated heterocycles. The van der Waals surface area contributed by atoms with Crippen LogP contribution in [0.2, 0.25) is 5.02 Å². The standard InChI is InChI=1S/C13H11ClFIN2/c14-9-3-6-11(12(15)7-9)13(18-17)8-1-4-10(16)5-2-8/h1-7,13,18H,17H2. The third kappa shape index (κ3) is 3.00. The summed E-state index contributed by atoms with van der Waals surface area (Å²) in [5.41, 5.74) is 4.01. The van der Waals surface area contributed by atoms with Crippen LogP contribution in [0.25, 0.3) is 0 Å². The molecule has 0 fully saturated rings. The Morgan fingerprint density at radius 2 is 1.83 bits per heavy atom. The van der Waals surface area contributed by atoms with E-state index in [1.165, 1.54) is 6.07 Å². The summed E-state index contributed by atoms with van der Waals surface area (Å²) < 4.78 is 15.0. The van der Waals surface area contributed by atoms with Crippen LogP contribution in [-0.2, 0) is 0 Å². The zero-order valence-corrected chi connectivity index (χ0v) is 12.2. The van der Waals surface area contributed by atoms with Gasteiger partial charge in [0.1, 0.15) is 5.82 Å². The molecule has 0 aliphatic carbocycles. The van der Waals surface area contributed by atoms with Crippen molar-refractivity contribution in [2.24, 2.45) is 5.84 Å². The first kappa shape index (κ1) is 13.7. The van der Waals surface area contributed by atoms with E-state index in [0.717, 1.165) is 9.13 Å². The van der Waals surface area contributed by atoms with Crippen LogP contribution >= 0.6 is 34.2 Å². The number of nitrogens with one attached hydrogen (secondary N) is 1. The van der Waals surface area contributed by atoms with Crippen molar-refractivity contribution < 1.29 is 4.39 Å². The van der Waals surface area contributed by atoms with Gasteiger partial charge in [-0.3, -0.25) is 5.84 Å². The number of halogens is 3. The first-order valence-electron chi connectivity index (χ1n) is 5.28. The summed E-state index contributed by atoms with van der Waals surface area (Å²) in [7, 11) is 0. The lowest BCUT2D eigenvalue weighted by Gasteiger charge is -2.17. The normalized spacial score (nSPS) is 12.4. The fraction of sp³-hybridized carbons (Fsp3) is 0.0769. The molecule has 0 saturated carbocycles. The highest BCUT2D eigenvalue weighted by molar-refractivity contribution is 14.1. The number of hydrogen-bond acceptors (Lipinski definition) is 2. The second-order valence-corrected chi connectivity index (χ2v) is 5.50. The first-order valence-corrected chi connectivity index (χ1v) is 6.74. The van der Waals surface area contributed by atoms with Gasteiger partial charge in [-0.2, -0.15) is 0 Å². The van der Waals surface area contributed by atoms with Crippen LogP contribution in [0.5, 0.6) is 0 Å². The summed E-state index contributed by atoms with van der Waals surface area (Å²) in [6.07, 6.45) is 0. The Hall–Kier alpha value is -0.690. The van der Waals surface area contributed by atoms with Gasteiger partial charge in [-0.25, -0.2) is 9.82 Å². The van der Waals surface area contributed by atoms with Crippen molar-refractivity contribution in [3.8, 4) is 0 Å². The first-order chi connectivity index (χ1) is 8.61. The summed E-state index contributed by atoms with van der Waals surface area (Å²) in [5, 5.41) is 0.370. The second-order valence-electron chi connectivity index (χ2n) is 3.82. The van der Waals surface area contributed by atoms with Gasteiger partial charge in [0.2, 0.25) is 0 Å². The van der Waals surface area contributed by atoms with Gasteiger partial charge < -0.3 is 0 Å². The fourth-order valence-electron chi connectivity index (χ4n) is 1.76. The van der Waals surface area contributed by atoms with Crippen molar-refractivity contribution in [1.29, 1.82) is 0 Å². The molecule has 0 spiro atoms. The summed E-state index contributed by atoms with van der Waals surface area (Å²) in [6, 6.07) is 11.9. The molecule has 0 radical (unpaired) electrons. The fourth-order valence-corrected chi connectivity index (χ4v) is 2.27. The maximum atomic E-state index is 13.9. The summed E-state index contributed by atoms with van der Waals surface area (Å²) in [6.45, 7) is 0. The van der Waals surface area contributed by atoms with E-state index in [0.29, 0.717) is 10.6 Å². The van der Waals surface area contributed by atoms with Crippen molar-refractivity contribution in [2.75, 3.05) is 0 Å². The molecule has 2 aromatic carbocycles. The van der Waals surface area contributed by atoms with Crippen molar-refractivity contribution in [2.45, 2.75) is 6.04 Å². The minimum Gasteiger partial charge on any atom is -0.271 e. The Morgan fingerprint density at radius 3 is 2.39 bits per heavy atom. The third-order valence-electron chi connectivity index (χ3n) is 2.64. The van der Waals surface area contributed by atoms with E-state index in [-0.39, 0.29) is 11.9 Å². The average Bonchev–Trinajstić information content (AvgIpc) is 2.35.